The summed E-state index contributed by atoms with van der Waals surface area (Å²) >= 11 is 0. The summed E-state index contributed by atoms with van der Waals surface area (Å²) in [6.45, 7) is 4.27. The fourth-order valence-electron chi connectivity index (χ4n) is 2.11. The van der Waals surface area contributed by atoms with E-state index in [4.69, 9.17) is 14.9 Å². The van der Waals surface area contributed by atoms with E-state index in [1.807, 2.05) is 44.2 Å². The lowest BCUT2D eigenvalue weighted by molar-refractivity contribution is 0.312. The van der Waals surface area contributed by atoms with Crippen LogP contribution in [-0.2, 0) is 0 Å². The Bertz CT molecular complexity index is 753. The second kappa shape index (κ2) is 5.88. The van der Waals surface area contributed by atoms with E-state index in [1.54, 1.807) is 0 Å². The number of hydrogen-bond donors (Lipinski definition) is 2. The molecule has 3 aromatic rings. The fraction of sp³-hybridized carbons (Fsp3) is 0.267. The Morgan fingerprint density at radius 2 is 2.09 bits per heavy atom. The molecule has 1 aromatic carbocycles. The molecule has 1 atom stereocenters. The van der Waals surface area contributed by atoms with Gasteiger partial charge in [0.25, 0.3) is 0 Å². The molecule has 0 bridgehead atoms. The molecular formula is C15H17N5O2. The topological polar surface area (TPSA) is 99.1 Å². The number of anilines is 2. The number of nitrogen functional groups attached to an aromatic ring is 1. The van der Waals surface area contributed by atoms with Gasteiger partial charge >= 0.3 is 6.01 Å². The summed E-state index contributed by atoms with van der Waals surface area (Å²) in [6, 6.07) is 9.91. The number of benzene rings is 1. The molecule has 0 aliphatic rings. The maximum atomic E-state index is 5.81. The number of rotatable bonds is 5. The highest BCUT2D eigenvalue weighted by molar-refractivity contribution is 5.77. The van der Waals surface area contributed by atoms with Gasteiger partial charge in [0.05, 0.1) is 12.6 Å². The van der Waals surface area contributed by atoms with E-state index < -0.39 is 0 Å². The molecule has 7 heteroatoms. The second-order valence-electron chi connectivity index (χ2n) is 4.79. The van der Waals surface area contributed by atoms with Gasteiger partial charge in [0.15, 0.2) is 0 Å². The maximum Gasteiger partial charge on any atom is 0.323 e. The summed E-state index contributed by atoms with van der Waals surface area (Å²) in [5, 5.41) is 4.19. The lowest BCUT2D eigenvalue weighted by atomic mass is 10.2. The number of furan rings is 1. The van der Waals surface area contributed by atoms with Crippen molar-refractivity contribution >= 4 is 22.9 Å². The highest BCUT2D eigenvalue weighted by Gasteiger charge is 2.14. The largest absolute Gasteiger partial charge is 0.464 e. The first-order valence-corrected chi connectivity index (χ1v) is 7.05. The van der Waals surface area contributed by atoms with Crippen LogP contribution in [0.3, 0.4) is 0 Å². The van der Waals surface area contributed by atoms with Crippen LogP contribution in [0.5, 0.6) is 6.01 Å². The van der Waals surface area contributed by atoms with E-state index in [2.05, 4.69) is 20.3 Å². The molecule has 0 radical (unpaired) electrons. The molecule has 0 saturated carbocycles. The van der Waals surface area contributed by atoms with Gasteiger partial charge in [-0.3, -0.25) is 0 Å². The van der Waals surface area contributed by atoms with E-state index in [9.17, 15) is 0 Å². The third-order valence-electron chi connectivity index (χ3n) is 3.12. The van der Waals surface area contributed by atoms with Crippen molar-refractivity contribution in [3.05, 3.63) is 36.1 Å². The molecular weight excluding hydrogens is 282 g/mol. The first-order valence-electron chi connectivity index (χ1n) is 7.05. The van der Waals surface area contributed by atoms with Gasteiger partial charge in [-0.05, 0) is 26.0 Å². The Kier molecular flexibility index (Phi) is 3.78. The number of fused-ring (bicyclic) bond motifs is 1. The van der Waals surface area contributed by atoms with Crippen LogP contribution in [0.25, 0.3) is 11.0 Å². The lowest BCUT2D eigenvalue weighted by Gasteiger charge is -2.12. The van der Waals surface area contributed by atoms with Gasteiger partial charge in [0.1, 0.15) is 11.3 Å². The molecule has 0 spiro atoms. The molecule has 2 heterocycles. The minimum atomic E-state index is -0.122. The number of aromatic nitrogens is 3. The molecule has 3 rings (SSSR count). The standard InChI is InChI=1S/C15H17N5O2/c1-3-21-15-19-13(16)18-14(20-15)17-9(2)12-8-10-6-4-5-7-11(10)22-12/h4-9H,3H2,1-2H3,(H3,16,17,18,19,20). The predicted molar refractivity (Wildman–Crippen MR) is 83.7 cm³/mol. The molecule has 114 valence electrons. The zero-order valence-corrected chi connectivity index (χ0v) is 12.4. The lowest BCUT2D eigenvalue weighted by Crippen LogP contribution is -2.12. The minimum absolute atomic E-state index is 0.109. The molecule has 7 nitrogen and oxygen atoms in total. The van der Waals surface area contributed by atoms with Crippen LogP contribution in [0.4, 0.5) is 11.9 Å². The summed E-state index contributed by atoms with van der Waals surface area (Å²) in [5.41, 5.74) is 6.50. The van der Waals surface area contributed by atoms with Crippen molar-refractivity contribution in [3.8, 4) is 6.01 Å². The monoisotopic (exact) mass is 299 g/mol. The Morgan fingerprint density at radius 1 is 1.27 bits per heavy atom. The summed E-state index contributed by atoms with van der Waals surface area (Å²) in [7, 11) is 0. The zero-order chi connectivity index (χ0) is 15.5. The Balaban J connectivity index is 1.82. The Hall–Kier alpha value is -2.83. The first-order chi connectivity index (χ1) is 10.7. The van der Waals surface area contributed by atoms with Gasteiger partial charge in [-0.15, -0.1) is 0 Å². The molecule has 1 unspecified atom stereocenters. The van der Waals surface area contributed by atoms with Gasteiger partial charge in [-0.2, -0.15) is 15.0 Å². The summed E-state index contributed by atoms with van der Waals surface area (Å²) in [5.74, 6) is 1.25. The van der Waals surface area contributed by atoms with E-state index in [-0.39, 0.29) is 18.0 Å². The molecule has 0 saturated heterocycles. The van der Waals surface area contributed by atoms with Crippen molar-refractivity contribution in [2.24, 2.45) is 0 Å². The van der Waals surface area contributed by atoms with E-state index >= 15 is 0 Å². The van der Waals surface area contributed by atoms with Crippen LogP contribution >= 0.6 is 0 Å². The zero-order valence-electron chi connectivity index (χ0n) is 12.4. The molecule has 0 aliphatic heterocycles. The molecule has 0 aliphatic carbocycles. The van der Waals surface area contributed by atoms with Crippen molar-refractivity contribution < 1.29 is 9.15 Å². The fourth-order valence-corrected chi connectivity index (χ4v) is 2.11. The number of nitrogens with zero attached hydrogens (tertiary/aromatic N) is 3. The third kappa shape index (κ3) is 2.93. The van der Waals surface area contributed by atoms with Crippen molar-refractivity contribution in [1.82, 2.24) is 15.0 Å². The summed E-state index contributed by atoms with van der Waals surface area (Å²) < 4.78 is 11.1. The molecule has 22 heavy (non-hydrogen) atoms. The Morgan fingerprint density at radius 3 is 2.86 bits per heavy atom. The number of hydrogen-bond acceptors (Lipinski definition) is 7. The molecule has 0 amide bonds. The minimum Gasteiger partial charge on any atom is -0.464 e. The molecule has 0 fully saturated rings. The normalized spacial score (nSPS) is 12.3. The van der Waals surface area contributed by atoms with Gasteiger partial charge < -0.3 is 20.2 Å². The van der Waals surface area contributed by atoms with Crippen LogP contribution in [0.2, 0.25) is 0 Å². The van der Waals surface area contributed by atoms with Crippen LogP contribution in [0.1, 0.15) is 25.6 Å². The number of nitrogens with two attached hydrogens (primary N) is 1. The van der Waals surface area contributed by atoms with E-state index in [1.165, 1.54) is 0 Å². The average Bonchev–Trinajstić information content (AvgIpc) is 2.91. The molecule has 3 N–H and O–H groups in total. The quantitative estimate of drug-likeness (QED) is 0.747. The van der Waals surface area contributed by atoms with Crippen LogP contribution in [0.15, 0.2) is 34.7 Å². The van der Waals surface area contributed by atoms with Crippen molar-refractivity contribution in [3.63, 3.8) is 0 Å². The third-order valence-corrected chi connectivity index (χ3v) is 3.12. The Labute approximate surface area is 127 Å². The second-order valence-corrected chi connectivity index (χ2v) is 4.79. The smallest absolute Gasteiger partial charge is 0.323 e. The number of para-hydroxylation sites is 1. The highest BCUT2D eigenvalue weighted by atomic mass is 16.5. The maximum absolute atomic E-state index is 5.81. The number of nitrogens with one attached hydrogen (secondary N) is 1. The van der Waals surface area contributed by atoms with Gasteiger partial charge in [0.2, 0.25) is 11.9 Å². The molecule has 2 aromatic heterocycles. The van der Waals surface area contributed by atoms with Crippen LogP contribution in [0, 0.1) is 0 Å². The van der Waals surface area contributed by atoms with Crippen molar-refractivity contribution in [2.75, 3.05) is 17.7 Å². The van der Waals surface area contributed by atoms with E-state index in [0.29, 0.717) is 12.6 Å². The van der Waals surface area contributed by atoms with E-state index in [0.717, 1.165) is 16.7 Å². The van der Waals surface area contributed by atoms with Gasteiger partial charge in [0, 0.05) is 5.39 Å². The predicted octanol–water partition coefficient (Wildman–Crippen LogP) is 2.77. The van der Waals surface area contributed by atoms with Gasteiger partial charge in [-0.25, -0.2) is 0 Å². The average molecular weight is 299 g/mol. The summed E-state index contributed by atoms with van der Waals surface area (Å²) in [4.78, 5) is 12.1. The van der Waals surface area contributed by atoms with Crippen molar-refractivity contribution in [1.29, 1.82) is 0 Å². The SMILES string of the molecule is CCOc1nc(N)nc(NC(C)c2cc3ccccc3o2)n1. The first kappa shape index (κ1) is 14.1. The van der Waals surface area contributed by atoms with Gasteiger partial charge in [-0.1, -0.05) is 18.2 Å². The highest BCUT2D eigenvalue weighted by Crippen LogP contribution is 2.25. The van der Waals surface area contributed by atoms with Crippen LogP contribution < -0.4 is 15.8 Å². The summed E-state index contributed by atoms with van der Waals surface area (Å²) in [6.07, 6.45) is 0. The number of ether oxygens (including phenoxy) is 1. The van der Waals surface area contributed by atoms with Crippen LogP contribution in [-0.4, -0.2) is 21.6 Å². The van der Waals surface area contributed by atoms with Crippen molar-refractivity contribution in [2.45, 2.75) is 19.9 Å².